The maximum atomic E-state index is 13.2. The fourth-order valence-corrected chi connectivity index (χ4v) is 2.02. The summed E-state index contributed by atoms with van der Waals surface area (Å²) in [7, 11) is 1.47. The van der Waals surface area contributed by atoms with Crippen LogP contribution >= 0.6 is 0 Å². The minimum absolute atomic E-state index is 0.0844. The zero-order chi connectivity index (χ0) is 17.3. The third-order valence-corrected chi connectivity index (χ3v) is 3.19. The molecule has 2 aromatic heterocycles. The first-order valence-electron chi connectivity index (χ1n) is 6.74. The maximum absolute atomic E-state index is 13.2. The van der Waals surface area contributed by atoms with E-state index in [2.05, 4.69) is 25.5 Å². The number of methoxy groups -OCH3 is 1. The number of aryl methyl sites for hydroxylation is 1. The van der Waals surface area contributed by atoms with Crippen molar-refractivity contribution >= 4 is 0 Å². The predicted octanol–water partition coefficient (Wildman–Crippen LogP) is 2.46. The van der Waals surface area contributed by atoms with Gasteiger partial charge in [0.2, 0.25) is 0 Å². The van der Waals surface area contributed by atoms with Crippen LogP contribution in [0.15, 0.2) is 30.3 Å². The van der Waals surface area contributed by atoms with Gasteiger partial charge in [-0.25, -0.2) is 9.97 Å². The van der Waals surface area contributed by atoms with Gasteiger partial charge in [-0.1, -0.05) is 12.1 Å². The van der Waals surface area contributed by atoms with E-state index in [-0.39, 0.29) is 17.5 Å². The lowest BCUT2D eigenvalue weighted by Crippen LogP contribution is -2.14. The predicted molar refractivity (Wildman–Crippen MR) is 76.5 cm³/mol. The van der Waals surface area contributed by atoms with E-state index in [4.69, 9.17) is 4.74 Å². The van der Waals surface area contributed by atoms with Crippen molar-refractivity contribution in [2.24, 2.45) is 0 Å². The standard InChI is InChI=1S/C14H11F3N6O/c1-8-20-21-22-23(8)13-18-11(7-12(19-13)14(15,16)17)9-4-3-5-10(6-9)24-2/h3-7H,1-2H3. The Labute approximate surface area is 134 Å². The van der Waals surface area contributed by atoms with Crippen LogP contribution in [0, 0.1) is 6.92 Å². The monoisotopic (exact) mass is 336 g/mol. The topological polar surface area (TPSA) is 78.6 Å². The van der Waals surface area contributed by atoms with Crippen LogP contribution in [0.5, 0.6) is 5.75 Å². The minimum Gasteiger partial charge on any atom is -0.497 e. The van der Waals surface area contributed by atoms with Gasteiger partial charge in [0.05, 0.1) is 12.8 Å². The van der Waals surface area contributed by atoms with E-state index in [1.807, 2.05) is 0 Å². The van der Waals surface area contributed by atoms with Crippen LogP contribution in [0.1, 0.15) is 11.5 Å². The molecule has 0 atom stereocenters. The molecule has 0 aliphatic carbocycles. The summed E-state index contributed by atoms with van der Waals surface area (Å²) in [6.45, 7) is 1.54. The van der Waals surface area contributed by atoms with Crippen LogP contribution in [-0.2, 0) is 6.18 Å². The van der Waals surface area contributed by atoms with Crippen LogP contribution in [0.4, 0.5) is 13.2 Å². The summed E-state index contributed by atoms with van der Waals surface area (Å²) in [5, 5.41) is 10.7. The molecule has 3 aromatic rings. The normalized spacial score (nSPS) is 11.5. The van der Waals surface area contributed by atoms with Gasteiger partial charge in [-0.15, -0.1) is 5.10 Å². The molecule has 0 fully saturated rings. The SMILES string of the molecule is COc1cccc(-c2cc(C(F)(F)F)nc(-n3nnnc3C)n2)c1. The second-order valence-corrected chi connectivity index (χ2v) is 4.81. The highest BCUT2D eigenvalue weighted by atomic mass is 19.4. The van der Waals surface area contributed by atoms with E-state index in [0.29, 0.717) is 11.3 Å². The summed E-state index contributed by atoms with van der Waals surface area (Å²) >= 11 is 0. The van der Waals surface area contributed by atoms with Gasteiger partial charge in [-0.2, -0.15) is 17.9 Å². The number of rotatable bonds is 3. The molecule has 0 amide bonds. The summed E-state index contributed by atoms with van der Waals surface area (Å²) in [5.74, 6) is 0.510. The molecule has 0 unspecified atom stereocenters. The number of benzene rings is 1. The molecule has 0 saturated heterocycles. The Balaban J connectivity index is 2.20. The van der Waals surface area contributed by atoms with E-state index >= 15 is 0 Å². The van der Waals surface area contributed by atoms with Crippen molar-refractivity contribution in [2.45, 2.75) is 13.1 Å². The van der Waals surface area contributed by atoms with Gasteiger partial charge in [0.1, 0.15) is 5.75 Å². The van der Waals surface area contributed by atoms with E-state index < -0.39 is 11.9 Å². The molecule has 1 aromatic carbocycles. The van der Waals surface area contributed by atoms with Gasteiger partial charge in [0.25, 0.3) is 5.95 Å². The summed E-state index contributed by atoms with van der Waals surface area (Å²) < 4.78 is 45.7. The summed E-state index contributed by atoms with van der Waals surface area (Å²) in [6.07, 6.45) is -4.63. The number of hydrogen-bond donors (Lipinski definition) is 0. The second kappa shape index (κ2) is 5.87. The summed E-state index contributed by atoms with van der Waals surface area (Å²) in [5.41, 5.74) is -0.546. The molecule has 2 heterocycles. The Bertz CT molecular complexity index is 877. The zero-order valence-electron chi connectivity index (χ0n) is 12.6. The molecular weight excluding hydrogens is 325 g/mol. The van der Waals surface area contributed by atoms with E-state index in [9.17, 15) is 13.2 Å². The highest BCUT2D eigenvalue weighted by Crippen LogP contribution is 2.31. The molecule has 0 spiro atoms. The maximum Gasteiger partial charge on any atom is 0.433 e. The van der Waals surface area contributed by atoms with E-state index in [0.717, 1.165) is 10.7 Å². The third kappa shape index (κ3) is 3.03. The van der Waals surface area contributed by atoms with Gasteiger partial charge < -0.3 is 4.74 Å². The summed E-state index contributed by atoms with van der Waals surface area (Å²) in [6, 6.07) is 7.42. The number of alkyl halides is 3. The number of aromatic nitrogens is 6. The average molecular weight is 336 g/mol. The Kier molecular flexibility index (Phi) is 3.87. The van der Waals surface area contributed by atoms with Crippen molar-refractivity contribution in [2.75, 3.05) is 7.11 Å². The number of hydrogen-bond acceptors (Lipinski definition) is 6. The molecule has 7 nitrogen and oxygen atoms in total. The molecule has 0 N–H and O–H groups in total. The molecule has 0 radical (unpaired) electrons. The van der Waals surface area contributed by atoms with Gasteiger partial charge in [-0.05, 0) is 35.5 Å². The Morgan fingerprint density at radius 2 is 1.92 bits per heavy atom. The van der Waals surface area contributed by atoms with Crippen LogP contribution < -0.4 is 4.74 Å². The molecule has 0 aliphatic heterocycles. The number of nitrogens with zero attached hydrogens (tertiary/aromatic N) is 6. The Hall–Kier alpha value is -3.04. The van der Waals surface area contributed by atoms with Crippen molar-refractivity contribution in [1.29, 1.82) is 0 Å². The Morgan fingerprint density at radius 3 is 2.54 bits per heavy atom. The molecule has 3 rings (SSSR count). The largest absolute Gasteiger partial charge is 0.497 e. The Morgan fingerprint density at radius 1 is 1.12 bits per heavy atom. The first-order chi connectivity index (χ1) is 11.4. The summed E-state index contributed by atoms with van der Waals surface area (Å²) in [4.78, 5) is 7.68. The van der Waals surface area contributed by atoms with Crippen molar-refractivity contribution in [3.05, 3.63) is 41.9 Å². The van der Waals surface area contributed by atoms with Gasteiger partial charge >= 0.3 is 6.18 Å². The van der Waals surface area contributed by atoms with Crippen molar-refractivity contribution < 1.29 is 17.9 Å². The van der Waals surface area contributed by atoms with Crippen LogP contribution in [0.3, 0.4) is 0 Å². The number of tetrazole rings is 1. The quantitative estimate of drug-likeness (QED) is 0.731. The van der Waals surface area contributed by atoms with Gasteiger partial charge in [-0.3, -0.25) is 0 Å². The fraction of sp³-hybridized carbons (Fsp3) is 0.214. The van der Waals surface area contributed by atoms with E-state index in [1.165, 1.54) is 14.0 Å². The minimum atomic E-state index is -4.63. The van der Waals surface area contributed by atoms with Gasteiger partial charge in [0.15, 0.2) is 11.5 Å². The van der Waals surface area contributed by atoms with Crippen LogP contribution in [0.2, 0.25) is 0 Å². The first-order valence-corrected chi connectivity index (χ1v) is 6.74. The molecule has 0 saturated carbocycles. The van der Waals surface area contributed by atoms with Crippen LogP contribution in [-0.4, -0.2) is 37.3 Å². The molecule has 124 valence electrons. The lowest BCUT2D eigenvalue weighted by atomic mass is 10.1. The lowest BCUT2D eigenvalue weighted by molar-refractivity contribution is -0.141. The highest BCUT2D eigenvalue weighted by molar-refractivity contribution is 5.62. The molecule has 0 aliphatic rings. The van der Waals surface area contributed by atoms with Gasteiger partial charge in [0, 0.05) is 5.56 Å². The van der Waals surface area contributed by atoms with Crippen molar-refractivity contribution in [1.82, 2.24) is 30.2 Å². The number of ether oxygens (including phenoxy) is 1. The molecule has 24 heavy (non-hydrogen) atoms. The van der Waals surface area contributed by atoms with E-state index in [1.54, 1.807) is 24.3 Å². The second-order valence-electron chi connectivity index (χ2n) is 4.81. The van der Waals surface area contributed by atoms with Crippen LogP contribution in [0.25, 0.3) is 17.2 Å². The highest BCUT2D eigenvalue weighted by Gasteiger charge is 2.34. The lowest BCUT2D eigenvalue weighted by Gasteiger charge is -2.11. The molecule has 10 heteroatoms. The average Bonchev–Trinajstić information content (AvgIpc) is 3.00. The third-order valence-electron chi connectivity index (χ3n) is 3.19. The fourth-order valence-electron chi connectivity index (χ4n) is 2.02. The number of halogens is 3. The first kappa shape index (κ1) is 15.8. The van der Waals surface area contributed by atoms with Crippen molar-refractivity contribution in [3.63, 3.8) is 0 Å². The van der Waals surface area contributed by atoms with Crippen molar-refractivity contribution in [3.8, 4) is 23.0 Å². The zero-order valence-corrected chi connectivity index (χ0v) is 12.6. The molecule has 0 bridgehead atoms. The molecular formula is C14H11F3N6O. The smallest absolute Gasteiger partial charge is 0.433 e.